The minimum Gasteiger partial charge on any atom is -0.337 e. The van der Waals surface area contributed by atoms with Crippen LogP contribution in [0.1, 0.15) is 20.8 Å². The second-order valence-electron chi connectivity index (χ2n) is 3.35. The number of hydrogen-bond donors (Lipinski definition) is 3. The molecule has 0 atom stereocenters. The van der Waals surface area contributed by atoms with Gasteiger partial charge in [-0.15, -0.1) is 0 Å². The Hall–Kier alpha value is 0.708. The lowest BCUT2D eigenvalue weighted by Crippen LogP contribution is -2.62. The first-order valence-corrected chi connectivity index (χ1v) is 7.57. The summed E-state index contributed by atoms with van der Waals surface area (Å²) in [5, 5.41) is 0. The van der Waals surface area contributed by atoms with E-state index in [1.807, 2.05) is 0 Å². The second kappa shape index (κ2) is 4.81. The fourth-order valence-electron chi connectivity index (χ4n) is 0.625. The van der Waals surface area contributed by atoms with Crippen LogP contribution in [0.2, 0.25) is 0 Å². The van der Waals surface area contributed by atoms with Crippen LogP contribution in [0, 0.1) is 0 Å². The summed E-state index contributed by atoms with van der Waals surface area (Å²) in [4.78, 5) is 0. The van der Waals surface area contributed by atoms with E-state index in [2.05, 4.69) is 38.9 Å². The van der Waals surface area contributed by atoms with Gasteiger partial charge in [-0.25, -0.2) is 0 Å². The van der Waals surface area contributed by atoms with Crippen molar-refractivity contribution in [1.29, 1.82) is 0 Å². The molecule has 64 valence electrons. The molecule has 1 aliphatic rings. The highest BCUT2D eigenvalue weighted by molar-refractivity contribution is 6.65. The molecule has 0 bridgehead atoms. The van der Waals surface area contributed by atoms with E-state index in [0.717, 1.165) is 19.7 Å². The first-order valence-electron chi connectivity index (χ1n) is 3.67. The Morgan fingerprint density at radius 2 is 1.42 bits per heavy atom. The molecule has 3 N–H and O–H groups in total. The second-order valence-corrected chi connectivity index (χ2v) is 8.64. The van der Waals surface area contributed by atoms with E-state index < -0.39 is 0 Å². The van der Waals surface area contributed by atoms with Crippen molar-refractivity contribution in [3.63, 3.8) is 0 Å². The van der Waals surface area contributed by atoms with Gasteiger partial charge in [0.15, 0.2) is 0 Å². The summed E-state index contributed by atoms with van der Waals surface area (Å²) in [6.45, 7) is 6.74. The quantitative estimate of drug-likeness (QED) is 0.420. The standard InChI is InChI=1S/C4H12N4Si4/c1-4(2,3)8-11-6-9-5-10-7-12-8/h5-7H,1-3H3. The molecule has 0 spiro atoms. The molecule has 4 nitrogen and oxygen atoms in total. The molecule has 0 aromatic carbocycles. The number of rotatable bonds is 0. The SMILES string of the molecule is CC(C)(C)N1[Si]N[Si]N[Si]N[Si]1. The summed E-state index contributed by atoms with van der Waals surface area (Å²) < 4.78 is 12.5. The summed E-state index contributed by atoms with van der Waals surface area (Å²) >= 11 is 0. The Morgan fingerprint density at radius 1 is 0.917 bits per heavy atom. The molecule has 8 radical (unpaired) electrons. The van der Waals surface area contributed by atoms with Crippen LogP contribution in [0.4, 0.5) is 0 Å². The molecule has 1 aliphatic heterocycles. The van der Waals surface area contributed by atoms with Crippen molar-refractivity contribution in [3.8, 4) is 0 Å². The third-order valence-corrected chi connectivity index (χ3v) is 6.61. The lowest BCUT2D eigenvalue weighted by atomic mass is 10.1. The molecule has 1 rings (SSSR count). The van der Waals surface area contributed by atoms with Gasteiger partial charge >= 0.3 is 0 Å². The van der Waals surface area contributed by atoms with Gasteiger partial charge in [0.2, 0.25) is 39.4 Å². The zero-order chi connectivity index (χ0) is 9.03. The number of nitrogens with zero attached hydrogens (tertiary/aromatic N) is 1. The lowest BCUT2D eigenvalue weighted by molar-refractivity contribution is 0.372. The maximum Gasteiger partial charge on any atom is 0.235 e. The zero-order valence-corrected chi connectivity index (χ0v) is 11.4. The fraction of sp³-hybridized carbons (Fsp3) is 1.00. The molecule has 0 amide bonds. The minimum absolute atomic E-state index is 0.267. The highest BCUT2D eigenvalue weighted by Gasteiger charge is 2.23. The average molecular weight is 229 g/mol. The first kappa shape index (κ1) is 10.8. The van der Waals surface area contributed by atoms with Crippen LogP contribution >= 0.6 is 0 Å². The van der Waals surface area contributed by atoms with Gasteiger partial charge in [-0.1, -0.05) is 0 Å². The summed E-state index contributed by atoms with van der Waals surface area (Å²) in [5.41, 5.74) is 0.267. The van der Waals surface area contributed by atoms with Crippen molar-refractivity contribution in [3.05, 3.63) is 0 Å². The van der Waals surface area contributed by atoms with E-state index in [1.54, 1.807) is 0 Å². The third-order valence-electron chi connectivity index (χ3n) is 1.26. The molecule has 8 heteroatoms. The van der Waals surface area contributed by atoms with E-state index >= 15 is 0 Å². The van der Waals surface area contributed by atoms with E-state index in [1.165, 1.54) is 0 Å². The predicted octanol–water partition coefficient (Wildman–Crippen LogP) is -1.99. The van der Waals surface area contributed by atoms with Crippen molar-refractivity contribution in [2.24, 2.45) is 0 Å². The van der Waals surface area contributed by atoms with E-state index in [0.29, 0.717) is 19.7 Å². The smallest absolute Gasteiger partial charge is 0.235 e. The minimum atomic E-state index is 0.267. The lowest BCUT2D eigenvalue weighted by Gasteiger charge is -2.35. The van der Waals surface area contributed by atoms with Crippen molar-refractivity contribution in [1.82, 2.24) is 18.2 Å². The maximum absolute atomic E-state index is 3.39. The first-order chi connectivity index (χ1) is 5.61. The molecule has 0 aromatic rings. The third kappa shape index (κ3) is 3.61. The van der Waals surface area contributed by atoms with Gasteiger partial charge < -0.3 is 18.2 Å². The van der Waals surface area contributed by atoms with E-state index in [4.69, 9.17) is 0 Å². The van der Waals surface area contributed by atoms with Crippen LogP contribution in [0.25, 0.3) is 0 Å². The normalized spacial score (nSPS) is 23.2. The molecule has 1 saturated heterocycles. The van der Waals surface area contributed by atoms with Crippen molar-refractivity contribution in [2.45, 2.75) is 26.3 Å². The van der Waals surface area contributed by atoms with Gasteiger partial charge in [0.25, 0.3) is 0 Å². The molecule has 0 unspecified atom stereocenters. The van der Waals surface area contributed by atoms with Crippen LogP contribution in [0.15, 0.2) is 0 Å². The van der Waals surface area contributed by atoms with Gasteiger partial charge in [-0.05, 0) is 20.8 Å². The largest absolute Gasteiger partial charge is 0.337 e. The molecular formula is C4H12N4Si4. The summed E-state index contributed by atoms with van der Waals surface area (Å²) in [6.07, 6.45) is 0. The highest BCUT2D eigenvalue weighted by atomic mass is 28.4. The fourth-order valence-corrected chi connectivity index (χ4v) is 5.74. The van der Waals surface area contributed by atoms with Crippen molar-refractivity contribution < 1.29 is 0 Å². The molecule has 0 saturated carbocycles. The van der Waals surface area contributed by atoms with Gasteiger partial charge in [-0.2, -0.15) is 0 Å². The monoisotopic (exact) mass is 228 g/mol. The molecule has 1 heterocycles. The van der Waals surface area contributed by atoms with Gasteiger partial charge in [0.1, 0.15) is 0 Å². The Bertz CT molecular complexity index is 130. The molecule has 0 aromatic heterocycles. The summed E-state index contributed by atoms with van der Waals surface area (Å²) in [5.74, 6) is 0. The Balaban J connectivity index is 2.40. The molecule has 12 heavy (non-hydrogen) atoms. The van der Waals surface area contributed by atoms with Crippen molar-refractivity contribution >= 4 is 39.4 Å². The zero-order valence-electron chi connectivity index (χ0n) is 7.45. The summed E-state index contributed by atoms with van der Waals surface area (Å²) in [6, 6.07) is 0. The van der Waals surface area contributed by atoms with Gasteiger partial charge in [-0.3, -0.25) is 0 Å². The Morgan fingerprint density at radius 3 is 1.83 bits per heavy atom. The number of nitrogens with one attached hydrogen (secondary N) is 3. The molecule has 1 fully saturated rings. The molecule has 0 aliphatic carbocycles. The Kier molecular flexibility index (Phi) is 4.32. The van der Waals surface area contributed by atoms with Crippen LogP contribution in [-0.4, -0.2) is 49.1 Å². The van der Waals surface area contributed by atoms with E-state index in [9.17, 15) is 0 Å². The van der Waals surface area contributed by atoms with E-state index in [-0.39, 0.29) is 5.54 Å². The van der Waals surface area contributed by atoms with Gasteiger partial charge in [0, 0.05) is 5.54 Å². The van der Waals surface area contributed by atoms with Crippen molar-refractivity contribution in [2.75, 3.05) is 0 Å². The molecular weight excluding hydrogens is 216 g/mol. The Labute approximate surface area is 84.2 Å². The average Bonchev–Trinajstić information content (AvgIpc) is 1.81. The van der Waals surface area contributed by atoms with Crippen LogP contribution in [0.5, 0.6) is 0 Å². The van der Waals surface area contributed by atoms with Crippen LogP contribution < -0.4 is 13.9 Å². The predicted molar refractivity (Wildman–Crippen MR) is 54.0 cm³/mol. The van der Waals surface area contributed by atoms with Gasteiger partial charge in [0.05, 0.1) is 0 Å². The summed E-state index contributed by atoms with van der Waals surface area (Å²) in [7, 11) is 2.80. The van der Waals surface area contributed by atoms with Crippen LogP contribution in [0.3, 0.4) is 0 Å². The highest BCUT2D eigenvalue weighted by Crippen LogP contribution is 2.08. The van der Waals surface area contributed by atoms with Crippen LogP contribution in [-0.2, 0) is 0 Å². The number of hydrogen-bond acceptors (Lipinski definition) is 4. The maximum atomic E-state index is 3.39. The topological polar surface area (TPSA) is 39.3 Å².